The highest BCUT2D eigenvalue weighted by Gasteiger charge is 2.47. The number of likely N-dealkylation sites (tertiary alicyclic amines) is 1. The van der Waals surface area contributed by atoms with Crippen LogP contribution in [0.1, 0.15) is 69.2 Å². The Hall–Kier alpha value is -0.200. The molecule has 0 aliphatic carbocycles. The lowest BCUT2D eigenvalue weighted by atomic mass is 9.91. The molecule has 1 saturated heterocycles. The van der Waals surface area contributed by atoms with Gasteiger partial charge < -0.3 is 18.9 Å². The quantitative estimate of drug-likeness (QED) is 0.581. The van der Waals surface area contributed by atoms with E-state index < -0.39 is 0 Å². The van der Waals surface area contributed by atoms with Crippen molar-refractivity contribution in [2.75, 3.05) is 13.2 Å². The molecule has 1 aliphatic rings. The third-order valence-corrected chi connectivity index (χ3v) is 4.46. The summed E-state index contributed by atoms with van der Waals surface area (Å²) in [5.41, 5.74) is 0. The molecule has 1 heterocycles. The molecule has 1 fully saturated rings. The largest absolute Gasteiger partial charge is 0.377 e. The van der Waals surface area contributed by atoms with Gasteiger partial charge in [-0.3, -0.25) is 4.90 Å². The standard InChI is InChI=1S/C21H43NO4/c1-13(2)22-11-19(24-15(5)6)21(26-17(9)10)20(25-16(7)8)18(22)12-23-14(3)4/h13-21H,11-12H2,1-10H3. The highest BCUT2D eigenvalue weighted by molar-refractivity contribution is 4.99. The average Bonchev–Trinajstić information content (AvgIpc) is 2.47. The van der Waals surface area contributed by atoms with Gasteiger partial charge in [-0.15, -0.1) is 0 Å². The summed E-state index contributed by atoms with van der Waals surface area (Å²) in [6.07, 6.45) is 0.374. The van der Waals surface area contributed by atoms with Crippen LogP contribution in [0.3, 0.4) is 0 Å². The van der Waals surface area contributed by atoms with E-state index >= 15 is 0 Å². The Bertz CT molecular complexity index is 382. The van der Waals surface area contributed by atoms with E-state index in [0.717, 1.165) is 6.54 Å². The molecule has 0 aromatic rings. The van der Waals surface area contributed by atoms with E-state index in [9.17, 15) is 0 Å². The molecule has 0 radical (unpaired) electrons. The number of piperidine rings is 1. The highest BCUT2D eigenvalue weighted by atomic mass is 16.6. The van der Waals surface area contributed by atoms with Crippen molar-refractivity contribution in [2.24, 2.45) is 0 Å². The van der Waals surface area contributed by atoms with Crippen molar-refractivity contribution in [1.82, 2.24) is 4.90 Å². The fourth-order valence-corrected chi connectivity index (χ4v) is 3.57. The van der Waals surface area contributed by atoms with Gasteiger partial charge in [-0.25, -0.2) is 0 Å². The van der Waals surface area contributed by atoms with Crippen LogP contribution in [0.25, 0.3) is 0 Å². The van der Waals surface area contributed by atoms with Crippen LogP contribution in [0.15, 0.2) is 0 Å². The zero-order valence-electron chi connectivity index (χ0n) is 18.7. The van der Waals surface area contributed by atoms with Crippen molar-refractivity contribution >= 4 is 0 Å². The summed E-state index contributed by atoms with van der Waals surface area (Å²) >= 11 is 0. The third kappa shape index (κ3) is 7.43. The molecule has 0 aromatic heterocycles. The molecule has 5 heteroatoms. The SMILES string of the molecule is CC(C)OCC1C(OC(C)C)C(OC(C)C)C(OC(C)C)CN1C(C)C. The van der Waals surface area contributed by atoms with Gasteiger partial charge in [-0.1, -0.05) is 0 Å². The second kappa shape index (κ2) is 11.0. The van der Waals surface area contributed by atoms with Crippen molar-refractivity contribution < 1.29 is 18.9 Å². The number of hydrogen-bond donors (Lipinski definition) is 0. The van der Waals surface area contributed by atoms with Crippen molar-refractivity contribution in [2.45, 2.75) is 124 Å². The monoisotopic (exact) mass is 373 g/mol. The minimum absolute atomic E-state index is 0.0150. The molecule has 1 rings (SSSR count). The van der Waals surface area contributed by atoms with Crippen LogP contribution in [0.5, 0.6) is 0 Å². The molecule has 0 spiro atoms. The average molecular weight is 374 g/mol. The predicted molar refractivity (Wildman–Crippen MR) is 107 cm³/mol. The van der Waals surface area contributed by atoms with Crippen LogP contribution in [0, 0.1) is 0 Å². The molecule has 4 atom stereocenters. The third-order valence-electron chi connectivity index (χ3n) is 4.46. The van der Waals surface area contributed by atoms with Gasteiger partial charge in [-0.05, 0) is 69.2 Å². The lowest BCUT2D eigenvalue weighted by molar-refractivity contribution is -0.229. The summed E-state index contributed by atoms with van der Waals surface area (Å²) < 4.78 is 25.1. The molecule has 0 aromatic carbocycles. The van der Waals surface area contributed by atoms with E-state index in [4.69, 9.17) is 18.9 Å². The van der Waals surface area contributed by atoms with Crippen LogP contribution >= 0.6 is 0 Å². The van der Waals surface area contributed by atoms with Gasteiger partial charge in [0, 0.05) is 12.6 Å². The van der Waals surface area contributed by atoms with Gasteiger partial charge in [-0.2, -0.15) is 0 Å². The molecule has 5 nitrogen and oxygen atoms in total. The first-order valence-electron chi connectivity index (χ1n) is 10.4. The molecule has 0 N–H and O–H groups in total. The van der Waals surface area contributed by atoms with Gasteiger partial charge in [0.15, 0.2) is 0 Å². The number of ether oxygens (including phenoxy) is 4. The first-order chi connectivity index (χ1) is 12.0. The molecule has 0 bridgehead atoms. The molecule has 26 heavy (non-hydrogen) atoms. The van der Waals surface area contributed by atoms with Gasteiger partial charge in [0.1, 0.15) is 12.2 Å². The van der Waals surface area contributed by atoms with Gasteiger partial charge in [0.2, 0.25) is 0 Å². The lowest BCUT2D eigenvalue weighted by Crippen LogP contribution is -2.67. The van der Waals surface area contributed by atoms with E-state index in [2.05, 4.69) is 74.1 Å². The summed E-state index contributed by atoms with van der Waals surface area (Å²) in [6.45, 7) is 22.6. The Kier molecular flexibility index (Phi) is 10.0. The first-order valence-corrected chi connectivity index (χ1v) is 10.4. The zero-order valence-corrected chi connectivity index (χ0v) is 18.7. The summed E-state index contributed by atoms with van der Waals surface area (Å²) in [7, 11) is 0. The van der Waals surface area contributed by atoms with E-state index in [1.54, 1.807) is 0 Å². The lowest BCUT2D eigenvalue weighted by Gasteiger charge is -2.51. The Balaban J connectivity index is 3.19. The minimum atomic E-state index is -0.101. The molecule has 4 unspecified atom stereocenters. The van der Waals surface area contributed by atoms with Crippen LogP contribution in [-0.4, -0.2) is 72.9 Å². The van der Waals surface area contributed by atoms with Crippen molar-refractivity contribution in [3.8, 4) is 0 Å². The number of hydrogen-bond acceptors (Lipinski definition) is 5. The molecule has 0 amide bonds. The number of nitrogens with zero attached hydrogens (tertiary/aromatic N) is 1. The van der Waals surface area contributed by atoms with Crippen molar-refractivity contribution in [3.05, 3.63) is 0 Å². The normalized spacial score (nSPS) is 28.3. The highest BCUT2D eigenvalue weighted by Crippen LogP contribution is 2.30. The van der Waals surface area contributed by atoms with E-state index in [1.165, 1.54) is 0 Å². The van der Waals surface area contributed by atoms with Crippen molar-refractivity contribution in [1.29, 1.82) is 0 Å². The van der Waals surface area contributed by atoms with Gasteiger partial charge in [0.05, 0.1) is 43.2 Å². The molecule has 0 saturated carbocycles. The van der Waals surface area contributed by atoms with Gasteiger partial charge in [0.25, 0.3) is 0 Å². The minimum Gasteiger partial charge on any atom is -0.377 e. The first kappa shape index (κ1) is 23.8. The molecular weight excluding hydrogens is 330 g/mol. The summed E-state index contributed by atoms with van der Waals surface area (Å²) in [5.74, 6) is 0. The molecular formula is C21H43NO4. The molecule has 1 aliphatic heterocycles. The Labute approximate surface area is 161 Å². The number of rotatable bonds is 10. The van der Waals surface area contributed by atoms with E-state index in [0.29, 0.717) is 12.6 Å². The topological polar surface area (TPSA) is 40.2 Å². The summed E-state index contributed by atoms with van der Waals surface area (Å²) in [4.78, 5) is 2.46. The maximum absolute atomic E-state index is 6.42. The van der Waals surface area contributed by atoms with E-state index in [-0.39, 0.29) is 48.8 Å². The van der Waals surface area contributed by atoms with Gasteiger partial charge >= 0.3 is 0 Å². The fourth-order valence-electron chi connectivity index (χ4n) is 3.57. The summed E-state index contributed by atoms with van der Waals surface area (Å²) in [5, 5.41) is 0. The Morgan fingerprint density at radius 3 is 1.62 bits per heavy atom. The predicted octanol–water partition coefficient (Wildman–Crippen LogP) is 3.88. The second-order valence-electron chi connectivity index (χ2n) is 8.76. The maximum atomic E-state index is 6.42. The zero-order chi connectivity index (χ0) is 20.0. The molecule has 156 valence electrons. The van der Waals surface area contributed by atoms with Crippen LogP contribution in [-0.2, 0) is 18.9 Å². The maximum Gasteiger partial charge on any atom is 0.113 e. The summed E-state index contributed by atoms with van der Waals surface area (Å²) in [6, 6.07) is 0.530. The fraction of sp³-hybridized carbons (Fsp3) is 1.00. The Morgan fingerprint density at radius 2 is 1.19 bits per heavy atom. The smallest absolute Gasteiger partial charge is 0.113 e. The van der Waals surface area contributed by atoms with E-state index in [1.807, 2.05) is 0 Å². The van der Waals surface area contributed by atoms with Crippen molar-refractivity contribution in [3.63, 3.8) is 0 Å². The van der Waals surface area contributed by atoms with Crippen LogP contribution in [0.2, 0.25) is 0 Å². The Morgan fingerprint density at radius 1 is 0.692 bits per heavy atom. The second-order valence-corrected chi connectivity index (χ2v) is 8.76. The van der Waals surface area contributed by atoms with Crippen LogP contribution in [0.4, 0.5) is 0 Å². The van der Waals surface area contributed by atoms with Crippen LogP contribution < -0.4 is 0 Å².